The highest BCUT2D eigenvalue weighted by Gasteiger charge is 2.35. The van der Waals surface area contributed by atoms with Crippen LogP contribution in [0.1, 0.15) is 12.5 Å². The van der Waals surface area contributed by atoms with Gasteiger partial charge in [0.1, 0.15) is 5.75 Å². The van der Waals surface area contributed by atoms with Gasteiger partial charge < -0.3 is 15.2 Å². The molecule has 4 nitrogen and oxygen atoms in total. The molecule has 0 aliphatic carbocycles. The Kier molecular flexibility index (Phi) is 5.88. The summed E-state index contributed by atoms with van der Waals surface area (Å²) in [5.41, 5.74) is -0.468. The molecule has 0 fully saturated rings. The molecule has 0 radical (unpaired) electrons. The third kappa shape index (κ3) is 4.86. The number of benzene rings is 2. The van der Waals surface area contributed by atoms with Crippen LogP contribution >= 0.6 is 23.2 Å². The van der Waals surface area contributed by atoms with Crippen molar-refractivity contribution >= 4 is 29.2 Å². The van der Waals surface area contributed by atoms with Gasteiger partial charge in [-0.2, -0.15) is 0 Å². The van der Waals surface area contributed by atoms with Gasteiger partial charge in [0.05, 0.1) is 10.0 Å². The van der Waals surface area contributed by atoms with Gasteiger partial charge in [0, 0.05) is 13.1 Å². The standard InChI is InChI=1S/C17H17Cl2NO3/c1-17(16(21)22,23-13-5-3-2-4-6-13)11-20-10-12-7-8-14(18)15(19)9-12/h2-9,20H,10-11H2,1H3,(H,21,22). The van der Waals surface area contributed by atoms with Gasteiger partial charge in [0.15, 0.2) is 0 Å². The predicted molar refractivity (Wildman–Crippen MR) is 91.3 cm³/mol. The first-order valence-corrected chi connectivity index (χ1v) is 7.78. The largest absolute Gasteiger partial charge is 0.478 e. The third-order valence-electron chi connectivity index (χ3n) is 3.31. The van der Waals surface area contributed by atoms with E-state index >= 15 is 0 Å². The Balaban J connectivity index is 1.99. The van der Waals surface area contributed by atoms with Gasteiger partial charge in [-0.3, -0.25) is 0 Å². The Morgan fingerprint density at radius 3 is 2.48 bits per heavy atom. The third-order valence-corrected chi connectivity index (χ3v) is 4.05. The molecule has 0 heterocycles. The van der Waals surface area contributed by atoms with Gasteiger partial charge in [0.25, 0.3) is 0 Å². The maximum atomic E-state index is 11.6. The van der Waals surface area contributed by atoms with Gasteiger partial charge in [-0.1, -0.05) is 47.5 Å². The molecule has 0 saturated heterocycles. The second-order valence-electron chi connectivity index (χ2n) is 5.30. The molecular weight excluding hydrogens is 337 g/mol. The maximum absolute atomic E-state index is 11.6. The van der Waals surface area contributed by atoms with Crippen molar-refractivity contribution in [2.24, 2.45) is 0 Å². The van der Waals surface area contributed by atoms with E-state index in [2.05, 4.69) is 5.32 Å². The van der Waals surface area contributed by atoms with Crippen molar-refractivity contribution in [3.63, 3.8) is 0 Å². The van der Waals surface area contributed by atoms with Crippen LogP contribution in [-0.4, -0.2) is 23.2 Å². The molecule has 122 valence electrons. The summed E-state index contributed by atoms with van der Waals surface area (Å²) in [6, 6.07) is 14.2. The topological polar surface area (TPSA) is 58.6 Å². The molecule has 1 unspecified atom stereocenters. The zero-order chi connectivity index (χ0) is 16.9. The van der Waals surface area contributed by atoms with Crippen molar-refractivity contribution in [3.05, 3.63) is 64.1 Å². The van der Waals surface area contributed by atoms with Gasteiger partial charge in [0.2, 0.25) is 5.60 Å². The monoisotopic (exact) mass is 353 g/mol. The molecule has 0 bridgehead atoms. The number of para-hydroxylation sites is 1. The summed E-state index contributed by atoms with van der Waals surface area (Å²) in [5.74, 6) is -0.531. The van der Waals surface area contributed by atoms with Gasteiger partial charge in [-0.05, 0) is 36.8 Å². The van der Waals surface area contributed by atoms with Crippen molar-refractivity contribution in [1.29, 1.82) is 0 Å². The first-order valence-electron chi connectivity index (χ1n) is 7.03. The quantitative estimate of drug-likeness (QED) is 0.789. The van der Waals surface area contributed by atoms with Crippen LogP contribution in [0, 0.1) is 0 Å². The Bertz CT molecular complexity index is 679. The number of carboxylic acid groups (broad SMARTS) is 1. The lowest BCUT2D eigenvalue weighted by Gasteiger charge is -2.26. The molecule has 2 rings (SSSR count). The SMILES string of the molecule is CC(CNCc1ccc(Cl)c(Cl)c1)(Oc1ccccc1)C(=O)O. The first-order chi connectivity index (χ1) is 10.9. The Labute approximate surface area is 145 Å². The number of ether oxygens (including phenoxy) is 1. The molecule has 23 heavy (non-hydrogen) atoms. The van der Waals surface area contributed by atoms with Crippen LogP contribution in [0.4, 0.5) is 0 Å². The van der Waals surface area contributed by atoms with E-state index < -0.39 is 11.6 Å². The summed E-state index contributed by atoms with van der Waals surface area (Å²) in [5, 5.41) is 13.5. The smallest absolute Gasteiger partial charge is 0.349 e. The minimum Gasteiger partial charge on any atom is -0.478 e. The van der Waals surface area contributed by atoms with E-state index in [1.807, 2.05) is 12.1 Å². The molecular formula is C17H17Cl2NO3. The second-order valence-corrected chi connectivity index (χ2v) is 6.12. The van der Waals surface area contributed by atoms with Crippen LogP contribution in [0.2, 0.25) is 10.0 Å². The molecule has 0 aromatic heterocycles. The lowest BCUT2D eigenvalue weighted by molar-refractivity contribution is -0.153. The van der Waals surface area contributed by atoms with Gasteiger partial charge >= 0.3 is 5.97 Å². The van der Waals surface area contributed by atoms with E-state index in [0.717, 1.165) is 5.56 Å². The van der Waals surface area contributed by atoms with Crippen LogP contribution in [0.25, 0.3) is 0 Å². The second kappa shape index (κ2) is 7.68. The van der Waals surface area contributed by atoms with Crippen LogP contribution in [0.15, 0.2) is 48.5 Å². The molecule has 0 aliphatic rings. The summed E-state index contributed by atoms with van der Waals surface area (Å²) in [4.78, 5) is 11.6. The van der Waals surface area contributed by atoms with Crippen LogP contribution in [0.3, 0.4) is 0 Å². The van der Waals surface area contributed by atoms with Gasteiger partial charge in [-0.25, -0.2) is 4.79 Å². The number of nitrogens with one attached hydrogen (secondary N) is 1. The van der Waals surface area contributed by atoms with Crippen molar-refractivity contribution in [1.82, 2.24) is 5.32 Å². The minimum atomic E-state index is -1.38. The van der Waals surface area contributed by atoms with E-state index in [1.54, 1.807) is 36.4 Å². The molecule has 2 aromatic rings. The number of carbonyl (C=O) groups is 1. The number of hydrogen-bond donors (Lipinski definition) is 2. The Morgan fingerprint density at radius 2 is 1.87 bits per heavy atom. The highest BCUT2D eigenvalue weighted by molar-refractivity contribution is 6.42. The summed E-state index contributed by atoms with van der Waals surface area (Å²) < 4.78 is 5.63. The van der Waals surface area contributed by atoms with E-state index in [4.69, 9.17) is 27.9 Å². The summed E-state index contributed by atoms with van der Waals surface area (Å²) >= 11 is 11.8. The number of rotatable bonds is 7. The molecule has 0 saturated carbocycles. The fourth-order valence-corrected chi connectivity index (χ4v) is 2.32. The van der Waals surface area contributed by atoms with Crippen LogP contribution in [-0.2, 0) is 11.3 Å². The highest BCUT2D eigenvalue weighted by atomic mass is 35.5. The lowest BCUT2D eigenvalue weighted by Crippen LogP contribution is -2.49. The molecule has 6 heteroatoms. The summed E-state index contributed by atoms with van der Waals surface area (Å²) in [7, 11) is 0. The fraction of sp³-hybridized carbons (Fsp3) is 0.235. The van der Waals surface area contributed by atoms with Crippen molar-refractivity contribution < 1.29 is 14.6 Å². The average Bonchev–Trinajstić information content (AvgIpc) is 2.51. The van der Waals surface area contributed by atoms with E-state index in [-0.39, 0.29) is 6.54 Å². The van der Waals surface area contributed by atoms with Crippen LogP contribution < -0.4 is 10.1 Å². The summed E-state index contributed by atoms with van der Waals surface area (Å²) in [6.45, 7) is 2.12. The normalized spacial score (nSPS) is 13.3. The fourth-order valence-electron chi connectivity index (χ4n) is 2.00. The minimum absolute atomic E-state index is 0.136. The van der Waals surface area contributed by atoms with E-state index in [9.17, 15) is 9.90 Å². The van der Waals surface area contributed by atoms with Gasteiger partial charge in [-0.15, -0.1) is 0 Å². The molecule has 0 spiro atoms. The summed E-state index contributed by atoms with van der Waals surface area (Å²) in [6.07, 6.45) is 0. The zero-order valence-electron chi connectivity index (χ0n) is 12.6. The van der Waals surface area contributed by atoms with Crippen LogP contribution in [0.5, 0.6) is 5.75 Å². The Hall–Kier alpha value is -1.75. The molecule has 0 aliphatic heterocycles. The number of halogens is 2. The Morgan fingerprint density at radius 1 is 1.17 bits per heavy atom. The number of carboxylic acids is 1. The van der Waals surface area contributed by atoms with E-state index in [1.165, 1.54) is 6.92 Å². The molecule has 0 amide bonds. The molecule has 1 atom stereocenters. The first kappa shape index (κ1) is 17.6. The zero-order valence-corrected chi connectivity index (χ0v) is 14.1. The molecule has 2 N–H and O–H groups in total. The lowest BCUT2D eigenvalue weighted by atomic mass is 10.1. The average molecular weight is 354 g/mol. The van der Waals surface area contributed by atoms with Crippen molar-refractivity contribution in [2.75, 3.05) is 6.54 Å². The van der Waals surface area contributed by atoms with E-state index in [0.29, 0.717) is 22.3 Å². The van der Waals surface area contributed by atoms with Crippen molar-refractivity contribution in [3.8, 4) is 5.75 Å². The van der Waals surface area contributed by atoms with Crippen molar-refractivity contribution in [2.45, 2.75) is 19.1 Å². The number of aliphatic carboxylic acids is 1. The molecule has 2 aromatic carbocycles. The highest BCUT2D eigenvalue weighted by Crippen LogP contribution is 2.23. The number of hydrogen-bond acceptors (Lipinski definition) is 3. The predicted octanol–water partition coefficient (Wildman–Crippen LogP) is 4.01. The maximum Gasteiger partial charge on any atom is 0.349 e.